The molecule has 2 N–H and O–H groups in total. The average molecular weight is 274 g/mol. The van der Waals surface area contributed by atoms with Crippen LogP contribution in [0.2, 0.25) is 10.0 Å². The van der Waals surface area contributed by atoms with Crippen LogP contribution >= 0.6 is 23.2 Å². The molecule has 17 heavy (non-hydrogen) atoms. The maximum absolute atomic E-state index is 11.6. The van der Waals surface area contributed by atoms with Crippen molar-refractivity contribution in [3.8, 4) is 0 Å². The van der Waals surface area contributed by atoms with Crippen LogP contribution in [-0.2, 0) is 4.79 Å². The third-order valence-corrected chi connectivity index (χ3v) is 3.46. The van der Waals surface area contributed by atoms with Crippen LogP contribution in [0.5, 0.6) is 0 Å². The summed E-state index contributed by atoms with van der Waals surface area (Å²) in [6, 6.07) is 5.35. The molecule has 1 fully saturated rings. The molecule has 2 rings (SSSR count). The number of nitrogens with one attached hydrogen (secondary N) is 1. The van der Waals surface area contributed by atoms with E-state index in [1.54, 1.807) is 12.1 Å². The van der Waals surface area contributed by atoms with Gasteiger partial charge in [0.25, 0.3) is 0 Å². The van der Waals surface area contributed by atoms with Crippen LogP contribution in [0, 0.1) is 5.92 Å². The van der Waals surface area contributed by atoms with Gasteiger partial charge in [-0.15, -0.1) is 0 Å². The van der Waals surface area contributed by atoms with Crippen molar-refractivity contribution >= 4 is 29.1 Å². The Morgan fingerprint density at radius 1 is 1.47 bits per heavy atom. The summed E-state index contributed by atoms with van der Waals surface area (Å²) in [5.41, 5.74) is 0.972. The van der Waals surface area contributed by atoms with Gasteiger partial charge >= 0.3 is 0 Å². The van der Waals surface area contributed by atoms with E-state index in [9.17, 15) is 4.79 Å². The molecular formula is C12H13Cl2NO2. The molecule has 1 aliphatic rings. The van der Waals surface area contributed by atoms with Gasteiger partial charge in [0.15, 0.2) is 0 Å². The number of aliphatic hydroxyl groups excluding tert-OH is 1. The summed E-state index contributed by atoms with van der Waals surface area (Å²) in [5.74, 6) is 0.133. The van der Waals surface area contributed by atoms with E-state index in [-0.39, 0.29) is 24.3 Å². The fourth-order valence-corrected chi connectivity index (χ4v) is 2.49. The first kappa shape index (κ1) is 12.7. The van der Waals surface area contributed by atoms with Gasteiger partial charge in [-0.05, 0) is 30.0 Å². The topological polar surface area (TPSA) is 49.3 Å². The predicted octanol–water partition coefficient (Wildman–Crippen LogP) is 2.21. The minimum Gasteiger partial charge on any atom is -0.395 e. The zero-order chi connectivity index (χ0) is 12.4. The maximum Gasteiger partial charge on any atom is 0.223 e. The van der Waals surface area contributed by atoms with Gasteiger partial charge < -0.3 is 10.4 Å². The Bertz CT molecular complexity index is 437. The lowest BCUT2D eigenvalue weighted by Crippen LogP contribution is -2.28. The lowest BCUT2D eigenvalue weighted by molar-refractivity contribution is -0.122. The van der Waals surface area contributed by atoms with E-state index in [1.165, 1.54) is 0 Å². The van der Waals surface area contributed by atoms with Gasteiger partial charge in [0.05, 0.1) is 6.61 Å². The van der Waals surface area contributed by atoms with Crippen molar-refractivity contribution in [3.05, 3.63) is 33.8 Å². The summed E-state index contributed by atoms with van der Waals surface area (Å²) in [5, 5.41) is 12.5. The van der Waals surface area contributed by atoms with Crippen LogP contribution in [0.25, 0.3) is 0 Å². The summed E-state index contributed by atoms with van der Waals surface area (Å²) < 4.78 is 0. The molecule has 0 spiro atoms. The Morgan fingerprint density at radius 2 is 2.24 bits per heavy atom. The van der Waals surface area contributed by atoms with Crippen molar-refractivity contribution in [2.24, 2.45) is 5.92 Å². The second-order valence-electron chi connectivity index (χ2n) is 4.13. The number of amides is 1. The molecular weight excluding hydrogens is 261 g/mol. The molecule has 0 aromatic heterocycles. The molecule has 1 saturated carbocycles. The average Bonchev–Trinajstić information content (AvgIpc) is 3.06. The smallest absolute Gasteiger partial charge is 0.223 e. The van der Waals surface area contributed by atoms with E-state index in [1.807, 2.05) is 6.07 Å². The van der Waals surface area contributed by atoms with Gasteiger partial charge in [-0.2, -0.15) is 0 Å². The zero-order valence-electron chi connectivity index (χ0n) is 9.12. The Kier molecular flexibility index (Phi) is 3.92. The normalized spacial score (nSPS) is 22.3. The van der Waals surface area contributed by atoms with Crippen LogP contribution in [-0.4, -0.2) is 24.2 Å². The van der Waals surface area contributed by atoms with E-state index in [2.05, 4.69) is 5.32 Å². The Labute approximate surface area is 110 Å². The number of rotatable bonds is 4. The molecule has 1 aromatic carbocycles. The molecule has 0 aliphatic heterocycles. The van der Waals surface area contributed by atoms with E-state index in [0.717, 1.165) is 12.0 Å². The second-order valence-corrected chi connectivity index (χ2v) is 4.97. The number of halogens is 2. The first-order valence-electron chi connectivity index (χ1n) is 5.47. The fraction of sp³-hybridized carbons (Fsp3) is 0.417. The van der Waals surface area contributed by atoms with Crippen LogP contribution < -0.4 is 5.32 Å². The number of carbonyl (C=O) groups is 1. The molecule has 3 nitrogen and oxygen atoms in total. The molecule has 0 saturated heterocycles. The highest BCUT2D eigenvalue weighted by atomic mass is 35.5. The highest BCUT2D eigenvalue weighted by Gasteiger charge is 2.44. The first-order chi connectivity index (χ1) is 8.13. The van der Waals surface area contributed by atoms with Gasteiger partial charge in [-0.25, -0.2) is 0 Å². The van der Waals surface area contributed by atoms with Crippen molar-refractivity contribution in [2.45, 2.75) is 12.3 Å². The minimum atomic E-state index is -0.0369. The van der Waals surface area contributed by atoms with Gasteiger partial charge in [-0.3, -0.25) is 4.79 Å². The molecule has 1 aliphatic carbocycles. The highest BCUT2D eigenvalue weighted by molar-refractivity contribution is 6.35. The van der Waals surface area contributed by atoms with Gasteiger partial charge in [0.1, 0.15) is 0 Å². The molecule has 1 amide bonds. The lowest BCUT2D eigenvalue weighted by Gasteiger charge is -2.05. The van der Waals surface area contributed by atoms with Crippen molar-refractivity contribution in [2.75, 3.05) is 13.2 Å². The van der Waals surface area contributed by atoms with E-state index < -0.39 is 0 Å². The molecule has 2 unspecified atom stereocenters. The summed E-state index contributed by atoms with van der Waals surface area (Å²) in [4.78, 5) is 11.6. The maximum atomic E-state index is 11.6. The Balaban J connectivity index is 2.00. The second kappa shape index (κ2) is 5.25. The molecule has 0 radical (unpaired) electrons. The Morgan fingerprint density at radius 3 is 2.88 bits per heavy atom. The monoisotopic (exact) mass is 273 g/mol. The van der Waals surface area contributed by atoms with E-state index in [4.69, 9.17) is 28.3 Å². The van der Waals surface area contributed by atoms with Crippen LogP contribution in [0.1, 0.15) is 17.9 Å². The molecule has 5 heteroatoms. The quantitative estimate of drug-likeness (QED) is 0.884. The third kappa shape index (κ3) is 2.92. The minimum absolute atomic E-state index is 0.0185. The third-order valence-electron chi connectivity index (χ3n) is 2.90. The molecule has 0 heterocycles. The summed E-state index contributed by atoms with van der Waals surface area (Å²) >= 11 is 11.9. The van der Waals surface area contributed by atoms with Crippen LogP contribution in [0.3, 0.4) is 0 Å². The van der Waals surface area contributed by atoms with Crippen molar-refractivity contribution in [1.29, 1.82) is 0 Å². The molecule has 1 aromatic rings. The molecule has 92 valence electrons. The van der Waals surface area contributed by atoms with Crippen molar-refractivity contribution < 1.29 is 9.90 Å². The zero-order valence-corrected chi connectivity index (χ0v) is 10.6. The SMILES string of the molecule is O=C(NCCO)C1CC1c1ccc(Cl)cc1Cl. The number of hydrogen-bond donors (Lipinski definition) is 2. The van der Waals surface area contributed by atoms with E-state index in [0.29, 0.717) is 16.6 Å². The van der Waals surface area contributed by atoms with Gasteiger partial charge in [-0.1, -0.05) is 29.3 Å². The van der Waals surface area contributed by atoms with Crippen molar-refractivity contribution in [3.63, 3.8) is 0 Å². The van der Waals surface area contributed by atoms with Crippen LogP contribution in [0.15, 0.2) is 18.2 Å². The number of aliphatic hydroxyl groups is 1. The first-order valence-corrected chi connectivity index (χ1v) is 6.22. The fourth-order valence-electron chi connectivity index (χ4n) is 1.94. The predicted molar refractivity (Wildman–Crippen MR) is 67.4 cm³/mol. The molecule has 0 bridgehead atoms. The number of benzene rings is 1. The van der Waals surface area contributed by atoms with Gasteiger partial charge in [0, 0.05) is 22.5 Å². The number of hydrogen-bond acceptors (Lipinski definition) is 2. The molecule has 2 atom stereocenters. The van der Waals surface area contributed by atoms with E-state index >= 15 is 0 Å². The summed E-state index contributed by atoms with van der Waals surface area (Å²) in [6.45, 7) is 0.265. The van der Waals surface area contributed by atoms with Crippen LogP contribution in [0.4, 0.5) is 0 Å². The number of carbonyl (C=O) groups excluding carboxylic acids is 1. The van der Waals surface area contributed by atoms with Crippen molar-refractivity contribution in [1.82, 2.24) is 5.32 Å². The largest absolute Gasteiger partial charge is 0.395 e. The Hall–Kier alpha value is -0.770. The summed E-state index contributed by atoms with van der Waals surface area (Å²) in [7, 11) is 0. The van der Waals surface area contributed by atoms with Gasteiger partial charge in [0.2, 0.25) is 5.91 Å². The lowest BCUT2D eigenvalue weighted by atomic mass is 10.1. The highest BCUT2D eigenvalue weighted by Crippen LogP contribution is 2.49. The standard InChI is InChI=1S/C12H13Cl2NO2/c13-7-1-2-8(11(14)5-7)9-6-10(9)12(17)15-3-4-16/h1-2,5,9-10,16H,3-4,6H2,(H,15,17). The summed E-state index contributed by atoms with van der Waals surface area (Å²) in [6.07, 6.45) is 0.804.